The molecule has 0 aliphatic carbocycles. The van der Waals surface area contributed by atoms with Gasteiger partial charge in [-0.15, -0.1) is 0 Å². The molecule has 1 saturated heterocycles. The third-order valence-corrected chi connectivity index (χ3v) is 3.22. The Morgan fingerprint density at radius 2 is 2.22 bits per heavy atom. The van der Waals surface area contributed by atoms with Crippen molar-refractivity contribution in [3.8, 4) is 0 Å². The molecule has 0 amide bonds. The van der Waals surface area contributed by atoms with E-state index < -0.39 is 0 Å². The largest absolute Gasteiger partial charge is 0.339 e. The van der Waals surface area contributed by atoms with Gasteiger partial charge in [0.05, 0.1) is 6.54 Å². The molecule has 18 heavy (non-hydrogen) atoms. The SMILES string of the molecule is CN(Cc1noc(C(C)(C)C)n1)CC1CCCN1. The Labute approximate surface area is 109 Å². The maximum Gasteiger partial charge on any atom is 0.232 e. The second kappa shape index (κ2) is 5.36. The number of likely N-dealkylation sites (N-methyl/N-ethyl adjacent to an activating group) is 1. The molecule has 0 saturated carbocycles. The molecule has 0 radical (unpaired) electrons. The lowest BCUT2D eigenvalue weighted by molar-refractivity contribution is 0.277. The molecular formula is C13H24N4O. The number of nitrogens with zero attached hydrogens (tertiary/aromatic N) is 3. The van der Waals surface area contributed by atoms with Gasteiger partial charge in [-0.25, -0.2) is 0 Å². The summed E-state index contributed by atoms with van der Waals surface area (Å²) in [4.78, 5) is 6.71. The van der Waals surface area contributed by atoms with Crippen molar-refractivity contribution in [3.63, 3.8) is 0 Å². The molecule has 1 aromatic rings. The van der Waals surface area contributed by atoms with Crippen molar-refractivity contribution in [3.05, 3.63) is 11.7 Å². The zero-order valence-electron chi connectivity index (χ0n) is 11.9. The summed E-state index contributed by atoms with van der Waals surface area (Å²) in [5.74, 6) is 1.49. The molecule has 1 aromatic heterocycles. The first-order valence-corrected chi connectivity index (χ1v) is 6.70. The van der Waals surface area contributed by atoms with Crippen LogP contribution in [0.2, 0.25) is 0 Å². The summed E-state index contributed by atoms with van der Waals surface area (Å²) in [5.41, 5.74) is -0.0726. The Bertz CT molecular complexity index is 377. The summed E-state index contributed by atoms with van der Waals surface area (Å²) in [5, 5.41) is 7.55. The molecule has 0 bridgehead atoms. The van der Waals surface area contributed by atoms with Crippen LogP contribution in [0, 0.1) is 0 Å². The van der Waals surface area contributed by atoms with Crippen LogP contribution in [-0.2, 0) is 12.0 Å². The van der Waals surface area contributed by atoms with Gasteiger partial charge < -0.3 is 9.84 Å². The van der Waals surface area contributed by atoms with Gasteiger partial charge in [0.25, 0.3) is 0 Å². The summed E-state index contributed by atoms with van der Waals surface area (Å²) in [7, 11) is 2.10. The van der Waals surface area contributed by atoms with Crippen molar-refractivity contribution in [1.29, 1.82) is 0 Å². The van der Waals surface area contributed by atoms with Crippen molar-refractivity contribution in [1.82, 2.24) is 20.4 Å². The lowest BCUT2D eigenvalue weighted by Crippen LogP contribution is -2.35. The van der Waals surface area contributed by atoms with Crippen LogP contribution in [0.4, 0.5) is 0 Å². The molecule has 2 rings (SSSR count). The van der Waals surface area contributed by atoms with Gasteiger partial charge in [-0.3, -0.25) is 4.90 Å². The van der Waals surface area contributed by atoms with E-state index in [-0.39, 0.29) is 5.41 Å². The Morgan fingerprint density at radius 3 is 2.78 bits per heavy atom. The third-order valence-electron chi connectivity index (χ3n) is 3.22. The van der Waals surface area contributed by atoms with Crippen LogP contribution in [0.3, 0.4) is 0 Å². The number of hydrogen-bond acceptors (Lipinski definition) is 5. The lowest BCUT2D eigenvalue weighted by atomic mass is 9.97. The van der Waals surface area contributed by atoms with Gasteiger partial charge in [-0.1, -0.05) is 25.9 Å². The Hall–Kier alpha value is -0.940. The Morgan fingerprint density at radius 1 is 1.44 bits per heavy atom. The highest BCUT2D eigenvalue weighted by atomic mass is 16.5. The van der Waals surface area contributed by atoms with Crippen LogP contribution in [0.5, 0.6) is 0 Å². The quantitative estimate of drug-likeness (QED) is 0.881. The van der Waals surface area contributed by atoms with Gasteiger partial charge in [-0.2, -0.15) is 4.98 Å². The van der Waals surface area contributed by atoms with Gasteiger partial charge >= 0.3 is 0 Å². The summed E-state index contributed by atoms with van der Waals surface area (Å²) < 4.78 is 5.30. The number of nitrogens with one attached hydrogen (secondary N) is 1. The van der Waals surface area contributed by atoms with E-state index in [1.165, 1.54) is 12.8 Å². The van der Waals surface area contributed by atoms with E-state index in [4.69, 9.17) is 4.52 Å². The number of hydrogen-bond donors (Lipinski definition) is 1. The molecular weight excluding hydrogens is 228 g/mol. The topological polar surface area (TPSA) is 54.2 Å². The number of rotatable bonds is 4. The van der Waals surface area contributed by atoms with Crippen LogP contribution in [0.15, 0.2) is 4.52 Å². The highest BCUT2D eigenvalue weighted by Gasteiger charge is 2.22. The summed E-state index contributed by atoms with van der Waals surface area (Å²) in [6.45, 7) is 9.18. The zero-order chi connectivity index (χ0) is 13.2. The summed E-state index contributed by atoms with van der Waals surface area (Å²) in [6, 6.07) is 0.615. The fraction of sp³-hybridized carbons (Fsp3) is 0.846. The molecule has 1 unspecified atom stereocenters. The van der Waals surface area contributed by atoms with E-state index in [2.05, 4.69) is 48.2 Å². The van der Waals surface area contributed by atoms with E-state index in [0.29, 0.717) is 11.9 Å². The molecule has 1 atom stereocenters. The summed E-state index contributed by atoms with van der Waals surface area (Å²) >= 11 is 0. The minimum Gasteiger partial charge on any atom is -0.339 e. The first-order valence-electron chi connectivity index (χ1n) is 6.70. The summed E-state index contributed by atoms with van der Waals surface area (Å²) in [6.07, 6.45) is 2.55. The van der Waals surface area contributed by atoms with Gasteiger partial charge in [0.15, 0.2) is 5.82 Å². The maximum absolute atomic E-state index is 5.30. The van der Waals surface area contributed by atoms with Gasteiger partial charge in [0.1, 0.15) is 0 Å². The van der Waals surface area contributed by atoms with Crippen LogP contribution in [0.1, 0.15) is 45.3 Å². The lowest BCUT2D eigenvalue weighted by Gasteiger charge is -2.19. The van der Waals surface area contributed by atoms with Crippen LogP contribution < -0.4 is 5.32 Å². The standard InChI is InChI=1S/C13H24N4O/c1-13(2,3)12-15-11(16-18-12)9-17(4)8-10-6-5-7-14-10/h10,14H,5-9H2,1-4H3. The van der Waals surface area contributed by atoms with E-state index in [1.807, 2.05) is 0 Å². The van der Waals surface area contributed by atoms with Crippen molar-refractivity contribution in [2.24, 2.45) is 0 Å². The fourth-order valence-corrected chi connectivity index (χ4v) is 2.22. The minimum atomic E-state index is -0.0726. The molecule has 5 heteroatoms. The number of aromatic nitrogens is 2. The Balaban J connectivity index is 1.86. The van der Waals surface area contributed by atoms with Crippen LogP contribution >= 0.6 is 0 Å². The van der Waals surface area contributed by atoms with Crippen LogP contribution in [-0.4, -0.2) is 41.2 Å². The molecule has 1 aliphatic heterocycles. The van der Waals surface area contributed by atoms with Gasteiger partial charge in [0, 0.05) is 18.0 Å². The molecule has 1 N–H and O–H groups in total. The van der Waals surface area contributed by atoms with E-state index in [1.54, 1.807) is 0 Å². The van der Waals surface area contributed by atoms with Crippen molar-refractivity contribution < 1.29 is 4.52 Å². The first kappa shape index (κ1) is 13.5. The molecule has 102 valence electrons. The Kier molecular flexibility index (Phi) is 4.02. The monoisotopic (exact) mass is 252 g/mol. The molecule has 2 heterocycles. The van der Waals surface area contributed by atoms with Gasteiger partial charge in [0.2, 0.25) is 5.89 Å². The third kappa shape index (κ3) is 3.53. The predicted octanol–water partition coefficient (Wildman–Crippen LogP) is 1.55. The first-order chi connectivity index (χ1) is 8.45. The average Bonchev–Trinajstić information content (AvgIpc) is 2.87. The maximum atomic E-state index is 5.30. The zero-order valence-corrected chi connectivity index (χ0v) is 11.9. The van der Waals surface area contributed by atoms with Crippen molar-refractivity contribution in [2.45, 2.75) is 51.6 Å². The molecule has 0 aromatic carbocycles. The minimum absolute atomic E-state index is 0.0726. The van der Waals surface area contributed by atoms with E-state index >= 15 is 0 Å². The smallest absolute Gasteiger partial charge is 0.232 e. The molecule has 0 spiro atoms. The second-order valence-corrected chi connectivity index (χ2v) is 6.26. The second-order valence-electron chi connectivity index (χ2n) is 6.26. The molecule has 1 fully saturated rings. The van der Waals surface area contributed by atoms with Crippen molar-refractivity contribution in [2.75, 3.05) is 20.1 Å². The highest BCUT2D eigenvalue weighted by molar-refractivity contribution is 4.98. The average molecular weight is 252 g/mol. The fourth-order valence-electron chi connectivity index (χ4n) is 2.22. The molecule has 5 nitrogen and oxygen atoms in total. The predicted molar refractivity (Wildman–Crippen MR) is 70.4 cm³/mol. The van der Waals surface area contributed by atoms with Crippen LogP contribution in [0.25, 0.3) is 0 Å². The van der Waals surface area contributed by atoms with E-state index in [9.17, 15) is 0 Å². The van der Waals surface area contributed by atoms with E-state index in [0.717, 1.165) is 25.5 Å². The normalized spacial score (nSPS) is 20.8. The van der Waals surface area contributed by atoms with Crippen molar-refractivity contribution >= 4 is 0 Å². The highest BCUT2D eigenvalue weighted by Crippen LogP contribution is 2.20. The molecule has 1 aliphatic rings. The van der Waals surface area contributed by atoms with Gasteiger partial charge in [-0.05, 0) is 26.4 Å².